The summed E-state index contributed by atoms with van der Waals surface area (Å²) >= 11 is 0. The lowest BCUT2D eigenvalue weighted by atomic mass is 10.2. The molecule has 2 atom stereocenters. The summed E-state index contributed by atoms with van der Waals surface area (Å²) in [5.41, 5.74) is 1.02. The van der Waals surface area contributed by atoms with E-state index >= 15 is 0 Å². The molecule has 0 saturated carbocycles. The van der Waals surface area contributed by atoms with Crippen LogP contribution in [0, 0.1) is 0 Å². The first-order valence-electron chi connectivity index (χ1n) is 6.10. The first-order chi connectivity index (χ1) is 8.61. The molecule has 0 unspecified atom stereocenters. The van der Waals surface area contributed by atoms with Gasteiger partial charge in [-0.15, -0.1) is 0 Å². The van der Waals surface area contributed by atoms with E-state index in [1.165, 1.54) is 0 Å². The van der Waals surface area contributed by atoms with E-state index in [-0.39, 0.29) is 18.1 Å². The molecule has 1 aliphatic heterocycles. The lowest BCUT2D eigenvalue weighted by Crippen LogP contribution is -2.41. The van der Waals surface area contributed by atoms with Crippen molar-refractivity contribution in [3.8, 4) is 0 Å². The summed E-state index contributed by atoms with van der Waals surface area (Å²) in [5, 5.41) is 7.29. The molecule has 0 bridgehead atoms. The van der Waals surface area contributed by atoms with Gasteiger partial charge in [0.05, 0.1) is 24.4 Å². The monoisotopic (exact) mass is 252 g/mol. The number of aromatic nitrogens is 2. The average molecular weight is 252 g/mol. The van der Waals surface area contributed by atoms with E-state index in [2.05, 4.69) is 10.4 Å². The molecule has 1 fully saturated rings. The van der Waals surface area contributed by atoms with Crippen molar-refractivity contribution < 1.29 is 9.53 Å². The van der Waals surface area contributed by atoms with Gasteiger partial charge in [-0.3, -0.25) is 9.48 Å². The van der Waals surface area contributed by atoms with E-state index in [4.69, 9.17) is 4.74 Å². The summed E-state index contributed by atoms with van der Waals surface area (Å²) in [4.78, 5) is 14.0. The van der Waals surface area contributed by atoms with Gasteiger partial charge < -0.3 is 15.0 Å². The fourth-order valence-electron chi connectivity index (χ4n) is 2.21. The Morgan fingerprint density at radius 3 is 3.06 bits per heavy atom. The number of methoxy groups -OCH3 is 1. The second-order valence-electron chi connectivity index (χ2n) is 4.69. The highest BCUT2D eigenvalue weighted by Crippen LogP contribution is 2.12. The first-order valence-corrected chi connectivity index (χ1v) is 6.10. The molecule has 2 heterocycles. The number of aryl methyl sites for hydroxylation is 1. The van der Waals surface area contributed by atoms with Crippen LogP contribution < -0.4 is 5.32 Å². The first kappa shape index (κ1) is 13.0. The smallest absolute Gasteiger partial charge is 0.239 e. The number of nitrogens with zero attached hydrogens (tertiary/aromatic N) is 3. The Kier molecular flexibility index (Phi) is 3.98. The van der Waals surface area contributed by atoms with Crippen molar-refractivity contribution in [2.24, 2.45) is 7.05 Å². The number of hydrogen-bond acceptors (Lipinski definition) is 4. The van der Waals surface area contributed by atoms with Crippen LogP contribution in [0.1, 0.15) is 12.1 Å². The number of amides is 1. The van der Waals surface area contributed by atoms with Gasteiger partial charge in [0, 0.05) is 33.9 Å². The van der Waals surface area contributed by atoms with Crippen LogP contribution >= 0.6 is 0 Å². The minimum Gasteiger partial charge on any atom is -0.380 e. The topological polar surface area (TPSA) is 59.4 Å². The van der Waals surface area contributed by atoms with Crippen molar-refractivity contribution in [1.29, 1.82) is 0 Å². The molecular weight excluding hydrogens is 232 g/mol. The van der Waals surface area contributed by atoms with Crippen molar-refractivity contribution >= 4 is 5.91 Å². The maximum atomic E-state index is 12.2. The van der Waals surface area contributed by atoms with Crippen LogP contribution in [0.2, 0.25) is 0 Å². The van der Waals surface area contributed by atoms with E-state index in [9.17, 15) is 4.79 Å². The van der Waals surface area contributed by atoms with Crippen LogP contribution in [-0.2, 0) is 23.1 Å². The number of carbonyl (C=O) groups is 1. The second kappa shape index (κ2) is 5.49. The maximum Gasteiger partial charge on any atom is 0.239 e. The molecule has 0 spiro atoms. The lowest BCUT2D eigenvalue weighted by Gasteiger charge is -2.21. The predicted molar refractivity (Wildman–Crippen MR) is 66.9 cm³/mol. The lowest BCUT2D eigenvalue weighted by molar-refractivity contribution is -0.132. The zero-order chi connectivity index (χ0) is 13.1. The molecule has 6 heteroatoms. The molecular formula is C12H20N4O2. The van der Waals surface area contributed by atoms with Crippen molar-refractivity contribution in [2.75, 3.05) is 20.7 Å². The Morgan fingerprint density at radius 2 is 2.50 bits per heavy atom. The SMILES string of the molecule is CO[C@H]1CN[C@@H](C(=O)N(C)Cc2ccnn2C)C1. The van der Waals surface area contributed by atoms with Crippen LogP contribution in [0.3, 0.4) is 0 Å². The fraction of sp³-hybridized carbons (Fsp3) is 0.667. The van der Waals surface area contributed by atoms with Crippen molar-refractivity contribution in [3.63, 3.8) is 0 Å². The Morgan fingerprint density at radius 1 is 1.72 bits per heavy atom. The molecule has 18 heavy (non-hydrogen) atoms. The molecule has 6 nitrogen and oxygen atoms in total. The molecule has 1 amide bonds. The molecule has 1 N–H and O–H groups in total. The van der Waals surface area contributed by atoms with Crippen LogP contribution in [0.25, 0.3) is 0 Å². The summed E-state index contributed by atoms with van der Waals surface area (Å²) < 4.78 is 7.03. The molecule has 1 saturated heterocycles. The van der Waals surface area contributed by atoms with Gasteiger partial charge in [-0.1, -0.05) is 0 Å². The maximum absolute atomic E-state index is 12.2. The normalized spacial score (nSPS) is 23.3. The minimum atomic E-state index is -0.131. The Hall–Kier alpha value is -1.40. The number of hydrogen-bond donors (Lipinski definition) is 1. The number of nitrogens with one attached hydrogen (secondary N) is 1. The third-order valence-electron chi connectivity index (χ3n) is 3.42. The third kappa shape index (κ3) is 2.70. The number of carbonyl (C=O) groups excluding carboxylic acids is 1. The summed E-state index contributed by atoms with van der Waals surface area (Å²) in [5.74, 6) is 0.107. The van der Waals surface area contributed by atoms with Crippen LogP contribution in [-0.4, -0.2) is 53.4 Å². The Balaban J connectivity index is 1.91. The highest BCUT2D eigenvalue weighted by atomic mass is 16.5. The average Bonchev–Trinajstić information content (AvgIpc) is 2.98. The van der Waals surface area contributed by atoms with Crippen LogP contribution in [0.4, 0.5) is 0 Å². The second-order valence-corrected chi connectivity index (χ2v) is 4.69. The standard InChI is InChI=1S/C12H20N4O2/c1-15(8-9-4-5-14-16(9)2)12(17)11-6-10(18-3)7-13-11/h4-5,10-11,13H,6-8H2,1-3H3/t10-,11-/m1/s1. The van der Waals surface area contributed by atoms with Crippen molar-refractivity contribution in [2.45, 2.75) is 25.1 Å². The third-order valence-corrected chi connectivity index (χ3v) is 3.42. The summed E-state index contributed by atoms with van der Waals surface area (Å²) in [6.07, 6.45) is 2.62. The molecule has 1 aliphatic rings. The van der Waals surface area contributed by atoms with E-state index in [1.807, 2.05) is 20.2 Å². The van der Waals surface area contributed by atoms with Crippen LogP contribution in [0.15, 0.2) is 12.3 Å². The van der Waals surface area contributed by atoms with E-state index in [0.717, 1.165) is 18.7 Å². The molecule has 0 radical (unpaired) electrons. The number of rotatable bonds is 4. The quantitative estimate of drug-likeness (QED) is 0.803. The fourth-order valence-corrected chi connectivity index (χ4v) is 2.21. The van der Waals surface area contributed by atoms with Gasteiger partial charge in [-0.05, 0) is 12.5 Å². The largest absolute Gasteiger partial charge is 0.380 e. The van der Waals surface area contributed by atoms with Gasteiger partial charge >= 0.3 is 0 Å². The number of ether oxygens (including phenoxy) is 1. The summed E-state index contributed by atoms with van der Waals surface area (Å²) in [6.45, 7) is 1.32. The minimum absolute atomic E-state index is 0.107. The number of likely N-dealkylation sites (N-methyl/N-ethyl adjacent to an activating group) is 1. The van der Waals surface area contributed by atoms with Crippen molar-refractivity contribution in [1.82, 2.24) is 20.0 Å². The summed E-state index contributed by atoms with van der Waals surface area (Å²) in [6, 6.07) is 1.79. The van der Waals surface area contributed by atoms with Gasteiger partial charge in [0.1, 0.15) is 0 Å². The van der Waals surface area contributed by atoms with E-state index in [1.54, 1.807) is 22.9 Å². The highest BCUT2D eigenvalue weighted by Gasteiger charge is 2.31. The van der Waals surface area contributed by atoms with Crippen LogP contribution in [0.5, 0.6) is 0 Å². The van der Waals surface area contributed by atoms with E-state index < -0.39 is 0 Å². The van der Waals surface area contributed by atoms with Gasteiger partial charge in [-0.25, -0.2) is 0 Å². The zero-order valence-corrected chi connectivity index (χ0v) is 11.1. The molecule has 2 rings (SSSR count). The van der Waals surface area contributed by atoms with Gasteiger partial charge in [-0.2, -0.15) is 5.10 Å². The molecule has 1 aromatic heterocycles. The van der Waals surface area contributed by atoms with Crippen molar-refractivity contribution in [3.05, 3.63) is 18.0 Å². The molecule has 0 aliphatic carbocycles. The molecule has 100 valence electrons. The van der Waals surface area contributed by atoms with Gasteiger partial charge in [0.2, 0.25) is 5.91 Å². The Bertz CT molecular complexity index is 418. The van der Waals surface area contributed by atoms with Gasteiger partial charge in [0.25, 0.3) is 0 Å². The highest BCUT2D eigenvalue weighted by molar-refractivity contribution is 5.82. The zero-order valence-electron chi connectivity index (χ0n) is 11.1. The molecule has 1 aromatic rings. The van der Waals surface area contributed by atoms with E-state index in [0.29, 0.717) is 6.54 Å². The molecule has 0 aromatic carbocycles. The van der Waals surface area contributed by atoms with Gasteiger partial charge in [0.15, 0.2) is 0 Å². The summed E-state index contributed by atoms with van der Waals surface area (Å²) in [7, 11) is 5.37. The predicted octanol–water partition coefficient (Wildman–Crippen LogP) is -0.245. The Labute approximate surface area is 107 Å².